The third-order valence-electron chi connectivity index (χ3n) is 6.06. The molecule has 0 amide bonds. The number of nitrogens with zero attached hydrogens (tertiary/aromatic N) is 3. The predicted molar refractivity (Wildman–Crippen MR) is 107 cm³/mol. The smallest absolute Gasteiger partial charge is 0.140 e. The van der Waals surface area contributed by atoms with Crippen LogP contribution in [0.3, 0.4) is 0 Å². The average Bonchev–Trinajstić information content (AvgIpc) is 3.34. The number of phenolic OH excluding ortho intramolecular Hbond substituents is 1. The molecule has 0 saturated carbocycles. The van der Waals surface area contributed by atoms with Gasteiger partial charge in [0.1, 0.15) is 11.6 Å². The SMILES string of the molecule is OCC[C@H]1CN2C[C@@H](n3ccnc3-c3ccc4cc(O)ccc4c3)C[C@H]2CO1. The lowest BCUT2D eigenvalue weighted by Gasteiger charge is -2.34. The van der Waals surface area contributed by atoms with Crippen LogP contribution in [0.25, 0.3) is 22.2 Å². The van der Waals surface area contributed by atoms with E-state index in [4.69, 9.17) is 4.74 Å². The predicted octanol–water partition coefficient (Wildman–Crippen LogP) is 2.81. The summed E-state index contributed by atoms with van der Waals surface area (Å²) in [7, 11) is 0. The fourth-order valence-electron chi connectivity index (χ4n) is 4.64. The molecule has 5 rings (SSSR count). The Hall–Kier alpha value is -2.41. The zero-order valence-corrected chi connectivity index (χ0v) is 15.7. The summed E-state index contributed by atoms with van der Waals surface area (Å²) in [6.45, 7) is 2.80. The molecule has 0 aliphatic carbocycles. The van der Waals surface area contributed by atoms with E-state index in [1.807, 2.05) is 18.3 Å². The molecule has 2 N–H and O–H groups in total. The number of morpholine rings is 1. The van der Waals surface area contributed by atoms with Crippen LogP contribution in [0.5, 0.6) is 5.75 Å². The normalized spacial score (nSPS) is 25.2. The Labute approximate surface area is 164 Å². The molecule has 0 radical (unpaired) electrons. The Kier molecular flexibility index (Phi) is 4.55. The molecule has 0 unspecified atom stereocenters. The van der Waals surface area contributed by atoms with Gasteiger partial charge in [-0.05, 0) is 41.8 Å². The monoisotopic (exact) mass is 379 g/mol. The first kappa shape index (κ1) is 17.7. The highest BCUT2D eigenvalue weighted by atomic mass is 16.5. The van der Waals surface area contributed by atoms with Gasteiger partial charge < -0.3 is 19.5 Å². The summed E-state index contributed by atoms with van der Waals surface area (Å²) in [5.74, 6) is 1.26. The van der Waals surface area contributed by atoms with Crippen molar-refractivity contribution >= 4 is 10.8 Å². The van der Waals surface area contributed by atoms with E-state index in [9.17, 15) is 10.2 Å². The number of aliphatic hydroxyl groups excluding tert-OH is 1. The van der Waals surface area contributed by atoms with Crippen molar-refractivity contribution in [3.05, 3.63) is 48.8 Å². The van der Waals surface area contributed by atoms with E-state index in [0.29, 0.717) is 18.5 Å². The minimum Gasteiger partial charge on any atom is -0.508 e. The summed E-state index contributed by atoms with van der Waals surface area (Å²) in [5, 5.41) is 21.0. The highest BCUT2D eigenvalue weighted by Crippen LogP contribution is 2.34. The van der Waals surface area contributed by atoms with Crippen molar-refractivity contribution in [1.29, 1.82) is 0 Å². The summed E-state index contributed by atoms with van der Waals surface area (Å²) >= 11 is 0. The van der Waals surface area contributed by atoms with Gasteiger partial charge in [0.25, 0.3) is 0 Å². The van der Waals surface area contributed by atoms with Crippen LogP contribution in [0.2, 0.25) is 0 Å². The lowest BCUT2D eigenvalue weighted by atomic mass is 10.1. The molecule has 0 spiro atoms. The first-order valence-electron chi connectivity index (χ1n) is 9.94. The maximum atomic E-state index is 9.68. The standard InChI is InChI=1S/C22H25N3O3/c26-8-5-21-13-24-12-18(11-19(24)14-28-21)25-7-6-23-22(25)17-2-1-16-10-20(27)4-3-15(16)9-17/h1-4,6-7,9-10,18-19,21,26-27H,5,8,11-14H2/t18-,19-,21-/m0/s1. The Morgan fingerprint density at radius 3 is 2.82 bits per heavy atom. The first-order valence-corrected chi connectivity index (χ1v) is 9.94. The van der Waals surface area contributed by atoms with E-state index in [0.717, 1.165) is 48.3 Å². The zero-order chi connectivity index (χ0) is 19.1. The van der Waals surface area contributed by atoms with Crippen LogP contribution in [0, 0.1) is 0 Å². The number of benzene rings is 2. The lowest BCUT2D eigenvalue weighted by molar-refractivity contribution is -0.0567. The minimum atomic E-state index is 0.138. The molecule has 0 bridgehead atoms. The minimum absolute atomic E-state index is 0.138. The molecule has 3 heterocycles. The van der Waals surface area contributed by atoms with E-state index >= 15 is 0 Å². The highest BCUT2D eigenvalue weighted by Gasteiger charge is 2.38. The molecule has 6 heteroatoms. The molecular formula is C22H25N3O3. The van der Waals surface area contributed by atoms with Gasteiger partial charge in [-0.25, -0.2) is 4.98 Å². The number of rotatable bonds is 4. The van der Waals surface area contributed by atoms with Crippen molar-refractivity contribution < 1.29 is 14.9 Å². The quantitative estimate of drug-likeness (QED) is 0.729. The van der Waals surface area contributed by atoms with Crippen LogP contribution >= 0.6 is 0 Å². The van der Waals surface area contributed by atoms with Crippen LogP contribution in [-0.2, 0) is 4.74 Å². The van der Waals surface area contributed by atoms with Crippen molar-refractivity contribution in [3.63, 3.8) is 0 Å². The number of aromatic nitrogens is 2. The number of fused-ring (bicyclic) bond motifs is 2. The molecule has 3 aromatic rings. The molecule has 146 valence electrons. The topological polar surface area (TPSA) is 70.8 Å². The third-order valence-corrected chi connectivity index (χ3v) is 6.06. The zero-order valence-electron chi connectivity index (χ0n) is 15.7. The maximum absolute atomic E-state index is 9.68. The van der Waals surface area contributed by atoms with Crippen molar-refractivity contribution in [3.8, 4) is 17.1 Å². The van der Waals surface area contributed by atoms with Crippen LogP contribution in [0.4, 0.5) is 0 Å². The Morgan fingerprint density at radius 2 is 1.93 bits per heavy atom. The van der Waals surface area contributed by atoms with Crippen LogP contribution in [-0.4, -0.2) is 63.1 Å². The van der Waals surface area contributed by atoms with E-state index < -0.39 is 0 Å². The molecule has 2 saturated heterocycles. The van der Waals surface area contributed by atoms with Crippen LogP contribution in [0.15, 0.2) is 48.8 Å². The van der Waals surface area contributed by atoms with Crippen molar-refractivity contribution in [2.75, 3.05) is 26.3 Å². The second-order valence-corrected chi connectivity index (χ2v) is 7.87. The third kappa shape index (κ3) is 3.17. The van der Waals surface area contributed by atoms with E-state index in [2.05, 4.69) is 32.8 Å². The van der Waals surface area contributed by atoms with Gasteiger partial charge in [0.2, 0.25) is 0 Å². The number of imidazole rings is 1. The molecule has 28 heavy (non-hydrogen) atoms. The molecule has 2 aliphatic heterocycles. The Morgan fingerprint density at radius 1 is 1.07 bits per heavy atom. The van der Waals surface area contributed by atoms with Gasteiger partial charge >= 0.3 is 0 Å². The van der Waals surface area contributed by atoms with E-state index in [1.54, 1.807) is 12.1 Å². The Balaban J connectivity index is 1.40. The summed E-state index contributed by atoms with van der Waals surface area (Å²) in [4.78, 5) is 7.15. The number of aliphatic hydroxyl groups is 1. The molecule has 3 atom stereocenters. The van der Waals surface area contributed by atoms with Gasteiger partial charge in [-0.3, -0.25) is 4.90 Å². The second-order valence-electron chi connectivity index (χ2n) is 7.87. The molecule has 2 aromatic carbocycles. The summed E-state index contributed by atoms with van der Waals surface area (Å²) in [6.07, 6.45) is 5.84. The molecular weight excluding hydrogens is 354 g/mol. The summed E-state index contributed by atoms with van der Waals surface area (Å²) in [6, 6.07) is 12.5. The Bertz CT molecular complexity index is 986. The highest BCUT2D eigenvalue weighted by molar-refractivity contribution is 5.87. The average molecular weight is 379 g/mol. The van der Waals surface area contributed by atoms with Gasteiger partial charge in [0.15, 0.2) is 0 Å². The van der Waals surface area contributed by atoms with Crippen LogP contribution < -0.4 is 0 Å². The summed E-state index contributed by atoms with van der Waals surface area (Å²) in [5.41, 5.74) is 1.09. The number of aromatic hydroxyl groups is 1. The first-order chi connectivity index (χ1) is 13.7. The summed E-state index contributed by atoms with van der Waals surface area (Å²) < 4.78 is 8.22. The molecule has 2 aliphatic rings. The van der Waals surface area contributed by atoms with Gasteiger partial charge in [0, 0.05) is 49.7 Å². The van der Waals surface area contributed by atoms with Crippen molar-refractivity contribution in [2.45, 2.75) is 31.0 Å². The lowest BCUT2D eigenvalue weighted by Crippen LogP contribution is -2.46. The van der Waals surface area contributed by atoms with E-state index in [1.165, 1.54) is 0 Å². The second kappa shape index (κ2) is 7.20. The number of phenols is 1. The fraction of sp³-hybridized carbons (Fsp3) is 0.409. The van der Waals surface area contributed by atoms with Gasteiger partial charge in [-0.2, -0.15) is 0 Å². The number of hydrogen-bond acceptors (Lipinski definition) is 5. The largest absolute Gasteiger partial charge is 0.508 e. The van der Waals surface area contributed by atoms with E-state index in [-0.39, 0.29) is 18.5 Å². The van der Waals surface area contributed by atoms with Crippen molar-refractivity contribution in [1.82, 2.24) is 14.5 Å². The van der Waals surface area contributed by atoms with Gasteiger partial charge in [-0.1, -0.05) is 18.2 Å². The van der Waals surface area contributed by atoms with Crippen LogP contribution in [0.1, 0.15) is 18.9 Å². The fourth-order valence-corrected chi connectivity index (χ4v) is 4.64. The molecule has 6 nitrogen and oxygen atoms in total. The van der Waals surface area contributed by atoms with Crippen molar-refractivity contribution in [2.24, 2.45) is 0 Å². The number of hydrogen-bond donors (Lipinski definition) is 2. The van der Waals surface area contributed by atoms with Gasteiger partial charge in [-0.15, -0.1) is 0 Å². The molecule has 2 fully saturated rings. The maximum Gasteiger partial charge on any atom is 0.140 e. The number of ether oxygens (including phenoxy) is 1. The van der Waals surface area contributed by atoms with Gasteiger partial charge in [0.05, 0.1) is 12.7 Å². The molecule has 1 aromatic heterocycles.